The summed E-state index contributed by atoms with van der Waals surface area (Å²) in [4.78, 5) is 0. The molecule has 2 nitrogen and oxygen atoms in total. The molecule has 2 rings (SSSR count). The summed E-state index contributed by atoms with van der Waals surface area (Å²) in [7, 11) is 1.43. The number of rotatable bonds is 4. The second-order valence-corrected chi connectivity index (χ2v) is 4.94. The first-order chi connectivity index (χ1) is 8.61. The van der Waals surface area contributed by atoms with Crippen LogP contribution in [0.4, 0.5) is 4.39 Å². The molecule has 0 bridgehead atoms. The smallest absolute Gasteiger partial charge is 0.165 e. The van der Waals surface area contributed by atoms with Crippen LogP contribution in [-0.4, -0.2) is 12.2 Å². The fraction of sp³-hybridized carbons (Fsp3) is 0.286. The first-order valence-corrected chi connectivity index (χ1v) is 6.59. The summed E-state index contributed by atoms with van der Waals surface area (Å²) in [6.07, 6.45) is -0.192. The number of hydrogen-bond donors (Lipinski definition) is 1. The van der Waals surface area contributed by atoms with Gasteiger partial charge in [0.05, 0.1) is 13.2 Å². The number of thiophene rings is 1. The third kappa shape index (κ3) is 2.71. The highest BCUT2D eigenvalue weighted by molar-refractivity contribution is 7.08. The van der Waals surface area contributed by atoms with Crippen molar-refractivity contribution in [2.24, 2.45) is 0 Å². The molecule has 1 aromatic carbocycles. The summed E-state index contributed by atoms with van der Waals surface area (Å²) >= 11 is 1.56. The molecule has 1 heterocycles. The Morgan fingerprint density at radius 2 is 2.17 bits per heavy atom. The molecule has 0 saturated carbocycles. The third-order valence-corrected chi connectivity index (χ3v) is 3.78. The molecule has 1 atom stereocenters. The van der Waals surface area contributed by atoms with Crippen LogP contribution in [0.25, 0.3) is 0 Å². The van der Waals surface area contributed by atoms with Crippen molar-refractivity contribution in [1.29, 1.82) is 0 Å². The van der Waals surface area contributed by atoms with Crippen molar-refractivity contribution in [3.05, 3.63) is 51.5 Å². The molecule has 0 radical (unpaired) electrons. The summed E-state index contributed by atoms with van der Waals surface area (Å²) in [6, 6.07) is 4.76. The minimum atomic E-state index is -0.593. The van der Waals surface area contributed by atoms with E-state index in [0.29, 0.717) is 6.42 Å². The zero-order valence-electron chi connectivity index (χ0n) is 10.3. The summed E-state index contributed by atoms with van der Waals surface area (Å²) in [5, 5.41) is 14.0. The van der Waals surface area contributed by atoms with E-state index in [9.17, 15) is 9.50 Å². The molecule has 1 aromatic heterocycles. The Morgan fingerprint density at radius 1 is 1.39 bits per heavy atom. The van der Waals surface area contributed by atoms with Gasteiger partial charge in [0.1, 0.15) is 0 Å². The van der Waals surface area contributed by atoms with Crippen LogP contribution >= 0.6 is 11.3 Å². The Kier molecular flexibility index (Phi) is 3.99. The van der Waals surface area contributed by atoms with Crippen LogP contribution in [-0.2, 0) is 6.42 Å². The molecular formula is C14H15FO2S. The quantitative estimate of drug-likeness (QED) is 0.918. The summed E-state index contributed by atoms with van der Waals surface area (Å²) in [5.41, 5.74) is 2.74. The Morgan fingerprint density at radius 3 is 2.72 bits per heavy atom. The van der Waals surface area contributed by atoms with Crippen LogP contribution < -0.4 is 4.74 Å². The lowest BCUT2D eigenvalue weighted by Gasteiger charge is -2.11. The second kappa shape index (κ2) is 5.50. The van der Waals surface area contributed by atoms with Crippen LogP contribution in [0.5, 0.6) is 5.75 Å². The fourth-order valence-electron chi connectivity index (χ4n) is 1.88. The molecule has 0 aliphatic carbocycles. The number of halogens is 1. The van der Waals surface area contributed by atoms with Crippen LogP contribution in [0.15, 0.2) is 29.0 Å². The Labute approximate surface area is 110 Å². The molecule has 1 N–H and O–H groups in total. The molecule has 18 heavy (non-hydrogen) atoms. The van der Waals surface area contributed by atoms with Crippen molar-refractivity contribution in [2.75, 3.05) is 7.11 Å². The molecule has 0 amide bonds. The number of aliphatic hydroxyl groups is 1. The number of ether oxygens (including phenoxy) is 1. The highest BCUT2D eigenvalue weighted by Gasteiger charge is 2.13. The summed E-state index contributed by atoms with van der Waals surface area (Å²) < 4.78 is 18.4. The van der Waals surface area contributed by atoms with Crippen LogP contribution in [0.2, 0.25) is 0 Å². The molecule has 2 aromatic rings. The lowest BCUT2D eigenvalue weighted by Crippen LogP contribution is -2.02. The van der Waals surface area contributed by atoms with E-state index < -0.39 is 11.9 Å². The topological polar surface area (TPSA) is 29.5 Å². The van der Waals surface area contributed by atoms with Crippen molar-refractivity contribution < 1.29 is 14.2 Å². The summed E-state index contributed by atoms with van der Waals surface area (Å²) in [6.45, 7) is 1.96. The Bertz CT molecular complexity index is 536. The normalized spacial score (nSPS) is 12.4. The van der Waals surface area contributed by atoms with Gasteiger partial charge < -0.3 is 9.84 Å². The van der Waals surface area contributed by atoms with Crippen molar-refractivity contribution >= 4 is 11.3 Å². The van der Waals surface area contributed by atoms with E-state index in [1.807, 2.05) is 17.7 Å². The van der Waals surface area contributed by atoms with Crippen molar-refractivity contribution in [1.82, 2.24) is 0 Å². The van der Waals surface area contributed by atoms with Crippen LogP contribution in [0.3, 0.4) is 0 Å². The van der Waals surface area contributed by atoms with Crippen LogP contribution in [0, 0.1) is 12.7 Å². The highest BCUT2D eigenvalue weighted by atomic mass is 32.1. The van der Waals surface area contributed by atoms with Gasteiger partial charge in [-0.1, -0.05) is 6.07 Å². The van der Waals surface area contributed by atoms with E-state index in [1.165, 1.54) is 13.2 Å². The van der Waals surface area contributed by atoms with Gasteiger partial charge in [-0.05, 0) is 46.5 Å². The van der Waals surface area contributed by atoms with E-state index in [4.69, 9.17) is 4.74 Å². The van der Waals surface area contributed by atoms with Gasteiger partial charge in [0.15, 0.2) is 11.6 Å². The van der Waals surface area contributed by atoms with Crippen LogP contribution in [0.1, 0.15) is 22.8 Å². The number of aryl methyl sites for hydroxylation is 1. The maximum Gasteiger partial charge on any atom is 0.165 e. The zero-order valence-corrected chi connectivity index (χ0v) is 11.1. The largest absolute Gasteiger partial charge is 0.494 e. The highest BCUT2D eigenvalue weighted by Crippen LogP contribution is 2.26. The molecule has 0 spiro atoms. The predicted molar refractivity (Wildman–Crippen MR) is 70.7 cm³/mol. The minimum Gasteiger partial charge on any atom is -0.494 e. The number of methoxy groups -OCH3 is 1. The lowest BCUT2D eigenvalue weighted by molar-refractivity contribution is 0.178. The molecule has 4 heteroatoms. The average molecular weight is 266 g/mol. The van der Waals surface area contributed by atoms with Gasteiger partial charge in [0.25, 0.3) is 0 Å². The minimum absolute atomic E-state index is 0.222. The molecule has 1 unspecified atom stereocenters. The molecule has 0 fully saturated rings. The van der Waals surface area contributed by atoms with Crippen molar-refractivity contribution in [3.8, 4) is 5.75 Å². The van der Waals surface area contributed by atoms with E-state index in [-0.39, 0.29) is 5.75 Å². The lowest BCUT2D eigenvalue weighted by atomic mass is 10.0. The van der Waals surface area contributed by atoms with E-state index in [0.717, 1.165) is 16.7 Å². The third-order valence-electron chi connectivity index (χ3n) is 2.90. The van der Waals surface area contributed by atoms with E-state index in [2.05, 4.69) is 0 Å². The standard InChI is InChI=1S/C14H15FO2S/c1-9-7-18-8-11(9)13(16)6-10-3-4-14(17-2)12(15)5-10/h3-5,7-8,13,16H,6H2,1-2H3. The van der Waals surface area contributed by atoms with Gasteiger partial charge in [0, 0.05) is 6.42 Å². The predicted octanol–water partition coefficient (Wildman–Crippen LogP) is 3.48. The van der Waals surface area contributed by atoms with Gasteiger partial charge in [-0.3, -0.25) is 0 Å². The van der Waals surface area contributed by atoms with Crippen molar-refractivity contribution in [3.63, 3.8) is 0 Å². The van der Waals surface area contributed by atoms with Crippen molar-refractivity contribution in [2.45, 2.75) is 19.4 Å². The molecular weight excluding hydrogens is 251 g/mol. The van der Waals surface area contributed by atoms with Gasteiger partial charge in [-0.25, -0.2) is 4.39 Å². The van der Waals surface area contributed by atoms with Gasteiger partial charge >= 0.3 is 0 Å². The SMILES string of the molecule is COc1ccc(CC(O)c2cscc2C)cc1F. The molecule has 0 aliphatic rings. The molecule has 0 aliphatic heterocycles. The summed E-state index contributed by atoms with van der Waals surface area (Å²) in [5.74, 6) is -0.177. The van der Waals surface area contributed by atoms with Gasteiger partial charge in [0.2, 0.25) is 0 Å². The average Bonchev–Trinajstić information content (AvgIpc) is 2.76. The second-order valence-electron chi connectivity index (χ2n) is 4.20. The number of aliphatic hydroxyl groups excluding tert-OH is 1. The van der Waals surface area contributed by atoms with E-state index in [1.54, 1.807) is 23.5 Å². The molecule has 0 saturated heterocycles. The Balaban J connectivity index is 2.15. The molecule has 96 valence electrons. The van der Waals surface area contributed by atoms with Gasteiger partial charge in [-0.2, -0.15) is 11.3 Å². The fourth-order valence-corrected chi connectivity index (χ4v) is 2.78. The first-order valence-electron chi connectivity index (χ1n) is 5.65. The maximum absolute atomic E-state index is 13.5. The van der Waals surface area contributed by atoms with Gasteiger partial charge in [-0.15, -0.1) is 0 Å². The van der Waals surface area contributed by atoms with E-state index >= 15 is 0 Å². The number of hydrogen-bond acceptors (Lipinski definition) is 3. The number of benzene rings is 1. The Hall–Kier alpha value is -1.39. The maximum atomic E-state index is 13.5. The first kappa shape index (κ1) is 13.1. The monoisotopic (exact) mass is 266 g/mol. The zero-order chi connectivity index (χ0) is 13.1.